The Bertz CT molecular complexity index is 353. The van der Waals surface area contributed by atoms with Crippen molar-refractivity contribution in [2.24, 2.45) is 0 Å². The molecule has 0 saturated heterocycles. The molecule has 1 nitrogen and oxygen atoms in total. The summed E-state index contributed by atoms with van der Waals surface area (Å²) < 4.78 is 0. The Morgan fingerprint density at radius 2 is 1.79 bits per heavy atom. The highest BCUT2D eigenvalue weighted by Gasteiger charge is 2.49. The summed E-state index contributed by atoms with van der Waals surface area (Å²) in [6.45, 7) is 5.71. The SMILES string of the molecule is CCCCCC(NCCC)C1(c2ccccc2)CC1. The molecule has 1 fully saturated rings. The molecule has 1 heteroatoms. The normalized spacial score (nSPS) is 18.2. The molecule has 19 heavy (non-hydrogen) atoms. The fraction of sp³-hybridized carbons (Fsp3) is 0.667. The van der Waals surface area contributed by atoms with Crippen molar-refractivity contribution < 1.29 is 0 Å². The summed E-state index contributed by atoms with van der Waals surface area (Å²) in [6, 6.07) is 11.9. The first kappa shape index (κ1) is 14.6. The van der Waals surface area contributed by atoms with E-state index in [4.69, 9.17) is 0 Å². The van der Waals surface area contributed by atoms with E-state index in [2.05, 4.69) is 49.5 Å². The van der Waals surface area contributed by atoms with E-state index in [0.29, 0.717) is 11.5 Å². The van der Waals surface area contributed by atoms with Gasteiger partial charge in [-0.15, -0.1) is 0 Å². The molecule has 1 saturated carbocycles. The lowest BCUT2D eigenvalue weighted by molar-refractivity contribution is 0.379. The van der Waals surface area contributed by atoms with Crippen LogP contribution in [0.5, 0.6) is 0 Å². The van der Waals surface area contributed by atoms with Gasteiger partial charge in [0.25, 0.3) is 0 Å². The molecule has 0 aliphatic heterocycles. The first-order valence-electron chi connectivity index (χ1n) is 8.12. The molecule has 0 aromatic heterocycles. The van der Waals surface area contributed by atoms with Crippen LogP contribution in [0.4, 0.5) is 0 Å². The van der Waals surface area contributed by atoms with E-state index in [9.17, 15) is 0 Å². The van der Waals surface area contributed by atoms with Gasteiger partial charge in [-0.1, -0.05) is 63.4 Å². The average molecular weight is 259 g/mol. The minimum absolute atomic E-state index is 0.449. The van der Waals surface area contributed by atoms with E-state index in [0.717, 1.165) is 6.54 Å². The summed E-state index contributed by atoms with van der Waals surface area (Å²) in [5, 5.41) is 3.83. The number of hydrogen-bond donors (Lipinski definition) is 1. The highest BCUT2D eigenvalue weighted by atomic mass is 14.9. The topological polar surface area (TPSA) is 12.0 Å². The lowest BCUT2D eigenvalue weighted by atomic mass is 9.85. The van der Waals surface area contributed by atoms with Crippen LogP contribution in [0.15, 0.2) is 30.3 Å². The quantitative estimate of drug-likeness (QED) is 0.636. The van der Waals surface area contributed by atoms with Crippen LogP contribution < -0.4 is 5.32 Å². The minimum Gasteiger partial charge on any atom is -0.313 e. The Labute approximate surface area is 118 Å². The maximum atomic E-state index is 3.83. The van der Waals surface area contributed by atoms with Gasteiger partial charge in [-0.2, -0.15) is 0 Å². The van der Waals surface area contributed by atoms with Gasteiger partial charge in [0.15, 0.2) is 0 Å². The van der Waals surface area contributed by atoms with Crippen LogP contribution in [0.3, 0.4) is 0 Å². The third-order valence-electron chi connectivity index (χ3n) is 4.54. The largest absolute Gasteiger partial charge is 0.313 e. The summed E-state index contributed by atoms with van der Waals surface area (Å²) in [7, 11) is 0. The Kier molecular flexibility index (Phi) is 5.45. The molecule has 1 aromatic carbocycles. The molecule has 1 unspecified atom stereocenters. The van der Waals surface area contributed by atoms with E-state index < -0.39 is 0 Å². The van der Waals surface area contributed by atoms with Crippen LogP contribution in [0.25, 0.3) is 0 Å². The minimum atomic E-state index is 0.449. The third-order valence-corrected chi connectivity index (χ3v) is 4.54. The van der Waals surface area contributed by atoms with Gasteiger partial charge in [0.05, 0.1) is 0 Å². The summed E-state index contributed by atoms with van der Waals surface area (Å²) >= 11 is 0. The zero-order valence-corrected chi connectivity index (χ0v) is 12.6. The van der Waals surface area contributed by atoms with Gasteiger partial charge < -0.3 is 5.32 Å². The van der Waals surface area contributed by atoms with Gasteiger partial charge in [0.2, 0.25) is 0 Å². The second kappa shape index (κ2) is 7.09. The molecular formula is C18H29N. The van der Waals surface area contributed by atoms with Crippen LogP contribution in [0.2, 0.25) is 0 Å². The van der Waals surface area contributed by atoms with Crippen LogP contribution in [-0.2, 0) is 5.41 Å². The van der Waals surface area contributed by atoms with Crippen molar-refractivity contribution in [3.05, 3.63) is 35.9 Å². The maximum Gasteiger partial charge on any atom is 0.0164 e. The van der Waals surface area contributed by atoms with E-state index in [1.54, 1.807) is 5.56 Å². The summed E-state index contributed by atoms with van der Waals surface area (Å²) in [5.74, 6) is 0. The predicted octanol–water partition coefficient (Wildman–Crippen LogP) is 4.67. The van der Waals surface area contributed by atoms with E-state index in [-0.39, 0.29) is 0 Å². The first-order chi connectivity index (χ1) is 9.33. The lowest BCUT2D eigenvalue weighted by Gasteiger charge is -2.29. The highest BCUT2D eigenvalue weighted by Crippen LogP contribution is 2.52. The molecule has 1 atom stereocenters. The standard InChI is InChI=1S/C18H29N/c1-3-5-7-12-17(19-15-4-2)18(13-14-18)16-10-8-6-9-11-16/h6,8-11,17,19H,3-5,7,12-15H2,1-2H3. The zero-order chi connectivity index (χ0) is 13.6. The number of rotatable bonds is 9. The number of benzene rings is 1. The van der Waals surface area contributed by atoms with Crippen LogP contribution >= 0.6 is 0 Å². The van der Waals surface area contributed by atoms with Crippen molar-refractivity contribution in [3.63, 3.8) is 0 Å². The molecule has 1 aliphatic rings. The van der Waals surface area contributed by atoms with Gasteiger partial charge in [0.1, 0.15) is 0 Å². The molecule has 1 aliphatic carbocycles. The molecule has 0 heterocycles. The average Bonchev–Trinajstić information content (AvgIpc) is 3.25. The zero-order valence-electron chi connectivity index (χ0n) is 12.6. The Hall–Kier alpha value is -0.820. The van der Waals surface area contributed by atoms with Crippen LogP contribution in [0, 0.1) is 0 Å². The van der Waals surface area contributed by atoms with Crippen molar-refractivity contribution in [2.75, 3.05) is 6.54 Å². The second-order valence-electron chi connectivity index (χ2n) is 6.02. The highest BCUT2D eigenvalue weighted by molar-refractivity contribution is 5.33. The molecule has 0 bridgehead atoms. The van der Waals surface area contributed by atoms with E-state index in [1.807, 2.05) is 0 Å². The first-order valence-corrected chi connectivity index (χ1v) is 8.12. The monoisotopic (exact) mass is 259 g/mol. The molecule has 1 aromatic rings. The van der Waals surface area contributed by atoms with Crippen LogP contribution in [-0.4, -0.2) is 12.6 Å². The number of nitrogens with one attached hydrogen (secondary N) is 1. The molecular weight excluding hydrogens is 230 g/mol. The molecule has 0 amide bonds. The van der Waals surface area contributed by atoms with Gasteiger partial charge in [-0.05, 0) is 37.8 Å². The summed E-state index contributed by atoms with van der Waals surface area (Å²) in [4.78, 5) is 0. The third kappa shape index (κ3) is 3.60. The lowest BCUT2D eigenvalue weighted by Crippen LogP contribution is -2.40. The van der Waals surface area contributed by atoms with E-state index >= 15 is 0 Å². The fourth-order valence-electron chi connectivity index (χ4n) is 3.23. The van der Waals surface area contributed by atoms with Gasteiger partial charge in [0, 0.05) is 11.5 Å². The van der Waals surface area contributed by atoms with Gasteiger partial charge >= 0.3 is 0 Å². The molecule has 2 rings (SSSR count). The smallest absolute Gasteiger partial charge is 0.0164 e. The van der Waals surface area contributed by atoms with Crippen molar-refractivity contribution in [3.8, 4) is 0 Å². The number of hydrogen-bond acceptors (Lipinski definition) is 1. The van der Waals surface area contributed by atoms with Crippen molar-refractivity contribution >= 4 is 0 Å². The second-order valence-corrected chi connectivity index (χ2v) is 6.02. The molecule has 1 N–H and O–H groups in total. The molecule has 106 valence electrons. The number of unbranched alkanes of at least 4 members (excludes halogenated alkanes) is 2. The Morgan fingerprint density at radius 3 is 2.37 bits per heavy atom. The van der Waals surface area contributed by atoms with Crippen molar-refractivity contribution in [2.45, 2.75) is 70.3 Å². The van der Waals surface area contributed by atoms with Crippen molar-refractivity contribution in [1.82, 2.24) is 5.32 Å². The predicted molar refractivity (Wildman–Crippen MR) is 83.6 cm³/mol. The summed E-state index contributed by atoms with van der Waals surface area (Å²) in [5.41, 5.74) is 2.00. The molecule has 0 radical (unpaired) electrons. The Balaban J connectivity index is 2.04. The van der Waals surface area contributed by atoms with Crippen LogP contribution in [0.1, 0.15) is 64.4 Å². The summed E-state index contributed by atoms with van der Waals surface area (Å²) in [6.07, 6.45) is 9.35. The van der Waals surface area contributed by atoms with Crippen molar-refractivity contribution in [1.29, 1.82) is 0 Å². The fourth-order valence-corrected chi connectivity index (χ4v) is 3.23. The maximum absolute atomic E-state index is 3.83. The molecule has 0 spiro atoms. The van der Waals surface area contributed by atoms with Gasteiger partial charge in [-0.25, -0.2) is 0 Å². The Morgan fingerprint density at radius 1 is 1.05 bits per heavy atom. The van der Waals surface area contributed by atoms with Gasteiger partial charge in [-0.3, -0.25) is 0 Å². The van der Waals surface area contributed by atoms with E-state index in [1.165, 1.54) is 44.9 Å².